The molecule has 13 heteroatoms. The highest BCUT2D eigenvalue weighted by Gasteiger charge is 2.53. The number of nitrogens with one attached hydrogen (secondary N) is 1. The number of ether oxygens (including phenoxy) is 1. The first kappa shape index (κ1) is 17.2. The van der Waals surface area contributed by atoms with Crippen molar-refractivity contribution in [1.29, 1.82) is 0 Å². The Morgan fingerprint density at radius 3 is 2.79 bits per heavy atom. The average molecular weight is 360 g/mol. The highest BCUT2D eigenvalue weighted by molar-refractivity contribution is 7.57. The molecule has 0 amide bonds. The van der Waals surface area contributed by atoms with E-state index in [0.717, 1.165) is 6.33 Å². The fourth-order valence-electron chi connectivity index (χ4n) is 2.65. The maximum Gasteiger partial charge on any atom is 0.361 e. The Kier molecular flexibility index (Phi) is 4.08. The topological polar surface area (TPSA) is 189 Å². The first-order valence-corrected chi connectivity index (χ1v) is 8.62. The number of rotatable bonds is 4. The number of hydrogen-bond donors (Lipinski definition) is 6. The molecule has 2 aromatic heterocycles. The minimum absolute atomic E-state index is 0.0658. The molecule has 0 saturated carbocycles. The third-order valence-corrected chi connectivity index (χ3v) is 4.34. The normalized spacial score (nSPS) is 32.8. The molecule has 1 fully saturated rings. The summed E-state index contributed by atoms with van der Waals surface area (Å²) in [4.78, 5) is 21.1. The van der Waals surface area contributed by atoms with Crippen molar-refractivity contribution in [2.24, 2.45) is 5.50 Å². The van der Waals surface area contributed by atoms with Crippen molar-refractivity contribution in [2.45, 2.75) is 31.0 Å². The summed E-state index contributed by atoms with van der Waals surface area (Å²) in [6.07, 6.45) is -1.01. The zero-order valence-electron chi connectivity index (χ0n) is 12.5. The molecular formula is C11H17N6O6P. The highest BCUT2D eigenvalue weighted by atomic mass is 31.2. The molecule has 5 atom stereocenters. The van der Waals surface area contributed by atoms with Gasteiger partial charge in [-0.2, -0.15) is 0 Å². The second kappa shape index (κ2) is 5.70. The number of imidazole rings is 1. The van der Waals surface area contributed by atoms with Crippen LogP contribution in [0.4, 0.5) is 5.82 Å². The van der Waals surface area contributed by atoms with Crippen LogP contribution in [0.2, 0.25) is 0 Å². The molecule has 1 aliphatic rings. The summed E-state index contributed by atoms with van der Waals surface area (Å²) in [5, 5.41) is 32.0. The number of fused-ring (bicyclic) bond motifs is 1. The molecule has 2 unspecified atom stereocenters. The first-order valence-electron chi connectivity index (χ1n) is 6.89. The summed E-state index contributed by atoms with van der Waals surface area (Å²) in [5.74, 6) is -0.0658. The molecule has 2 aromatic rings. The van der Waals surface area contributed by atoms with E-state index in [1.54, 1.807) is 0 Å². The van der Waals surface area contributed by atoms with Crippen LogP contribution in [0, 0.1) is 0 Å². The van der Waals surface area contributed by atoms with Gasteiger partial charge in [-0.1, -0.05) is 0 Å². The predicted molar refractivity (Wildman–Crippen MR) is 80.6 cm³/mol. The Balaban J connectivity index is 2.06. The van der Waals surface area contributed by atoms with Gasteiger partial charge in [0.25, 0.3) is 0 Å². The highest BCUT2D eigenvalue weighted by Crippen LogP contribution is 2.40. The summed E-state index contributed by atoms with van der Waals surface area (Å²) >= 11 is 0. The van der Waals surface area contributed by atoms with E-state index in [0.29, 0.717) is 0 Å². The van der Waals surface area contributed by atoms with E-state index in [2.05, 4.69) is 20.0 Å². The van der Waals surface area contributed by atoms with E-state index in [9.17, 15) is 24.8 Å². The van der Waals surface area contributed by atoms with Crippen LogP contribution < -0.4 is 10.6 Å². The van der Waals surface area contributed by atoms with Crippen LogP contribution >= 0.6 is 7.67 Å². The van der Waals surface area contributed by atoms with E-state index in [4.69, 9.17) is 10.2 Å². The Hall–Kier alpha value is -1.66. The van der Waals surface area contributed by atoms with Crippen molar-refractivity contribution in [2.75, 3.05) is 11.7 Å². The first-order chi connectivity index (χ1) is 11.1. The van der Waals surface area contributed by atoms with Gasteiger partial charge in [0.2, 0.25) is 0 Å². The summed E-state index contributed by atoms with van der Waals surface area (Å²) in [7, 11) is -4.10. The summed E-state index contributed by atoms with van der Waals surface area (Å²) in [6, 6.07) is 0. The smallest absolute Gasteiger partial charge is 0.361 e. The fourth-order valence-corrected chi connectivity index (χ4v) is 3.11. The van der Waals surface area contributed by atoms with Crippen LogP contribution in [0.3, 0.4) is 0 Å². The van der Waals surface area contributed by atoms with Gasteiger partial charge in [-0.25, -0.2) is 25.0 Å². The van der Waals surface area contributed by atoms with E-state index in [1.807, 2.05) is 0 Å². The predicted octanol–water partition coefficient (Wildman–Crippen LogP) is -1.70. The number of anilines is 1. The lowest BCUT2D eigenvalue weighted by molar-refractivity contribution is -0.0950. The molecule has 3 heterocycles. The van der Waals surface area contributed by atoms with Crippen molar-refractivity contribution >= 4 is 24.7 Å². The minimum Gasteiger partial charge on any atom is -0.394 e. The molecule has 1 saturated heterocycles. The molecule has 7 N–H and O–H groups in total. The van der Waals surface area contributed by atoms with Crippen LogP contribution in [-0.2, 0) is 9.30 Å². The van der Waals surface area contributed by atoms with Gasteiger partial charge in [-0.15, -0.1) is 0 Å². The maximum absolute atomic E-state index is 11.3. The third kappa shape index (κ3) is 2.78. The van der Waals surface area contributed by atoms with E-state index in [1.165, 1.54) is 17.8 Å². The second-order valence-electron chi connectivity index (χ2n) is 5.66. The lowest BCUT2D eigenvalue weighted by atomic mass is 9.96. The van der Waals surface area contributed by atoms with Gasteiger partial charge < -0.3 is 24.9 Å². The molecule has 0 aromatic carbocycles. The molecule has 0 radical (unpaired) electrons. The Morgan fingerprint density at radius 2 is 2.21 bits per heavy atom. The Labute approximate surface area is 135 Å². The quantitative estimate of drug-likeness (QED) is 0.341. The molecule has 1 aliphatic heterocycles. The van der Waals surface area contributed by atoms with Crippen molar-refractivity contribution in [3.8, 4) is 0 Å². The van der Waals surface area contributed by atoms with Crippen LogP contribution in [0.5, 0.6) is 0 Å². The molecule has 0 aliphatic carbocycles. The number of aliphatic hydroxyl groups excluding tert-OH is 2. The number of hydrogen-bond acceptors (Lipinski definition) is 8. The number of nitrogens with zero attached hydrogens (tertiary/aromatic N) is 4. The van der Waals surface area contributed by atoms with Gasteiger partial charge in [0.1, 0.15) is 24.1 Å². The van der Waals surface area contributed by atoms with Crippen molar-refractivity contribution < 1.29 is 29.5 Å². The van der Waals surface area contributed by atoms with E-state index < -0.39 is 38.3 Å². The van der Waals surface area contributed by atoms with E-state index >= 15 is 0 Å². The molecule has 0 spiro atoms. The van der Waals surface area contributed by atoms with Crippen LogP contribution in [-0.4, -0.2) is 64.1 Å². The number of aliphatic hydroxyl groups is 3. The zero-order chi connectivity index (χ0) is 17.7. The minimum atomic E-state index is -4.10. The molecule has 24 heavy (non-hydrogen) atoms. The molecule has 0 bridgehead atoms. The molecular weight excluding hydrogens is 343 g/mol. The van der Waals surface area contributed by atoms with E-state index in [-0.39, 0.29) is 17.0 Å². The molecule has 3 rings (SSSR count). The fraction of sp³-hybridized carbons (Fsp3) is 0.545. The summed E-state index contributed by atoms with van der Waals surface area (Å²) in [5.41, 5.74) is 3.64. The standard InChI is InChI=1S/C11H17N6O6P/c1-11(20)7(19)5(2-18)23-10(11)17-4-15-6-8(16-24(12,21)22)13-3-14-9(6)17/h3-5,7,10,18-20H,2H2,1H3,(H4,12,13,14,16,21,22)/t5-,7-,10?,11-/m1/s1. The summed E-state index contributed by atoms with van der Waals surface area (Å²) < 4.78 is 18.1. The second-order valence-corrected chi connectivity index (χ2v) is 7.13. The zero-order valence-corrected chi connectivity index (χ0v) is 13.4. The van der Waals surface area contributed by atoms with Gasteiger partial charge in [0.05, 0.1) is 12.9 Å². The van der Waals surface area contributed by atoms with Gasteiger partial charge in [-0.3, -0.25) is 9.65 Å². The lowest BCUT2D eigenvalue weighted by Gasteiger charge is -2.27. The summed E-state index contributed by atoms with van der Waals surface area (Å²) in [6.45, 7) is 0.870. The molecule has 132 valence electrons. The van der Waals surface area contributed by atoms with Gasteiger partial charge >= 0.3 is 7.67 Å². The largest absolute Gasteiger partial charge is 0.394 e. The Bertz CT molecular complexity index is 805. The van der Waals surface area contributed by atoms with Gasteiger partial charge in [0, 0.05) is 0 Å². The third-order valence-electron chi connectivity index (χ3n) is 3.81. The molecule has 12 nitrogen and oxygen atoms in total. The number of aromatic nitrogens is 4. The lowest BCUT2D eigenvalue weighted by Crippen LogP contribution is -2.44. The van der Waals surface area contributed by atoms with Gasteiger partial charge in [0.15, 0.2) is 23.2 Å². The maximum atomic E-state index is 11.3. The van der Waals surface area contributed by atoms with Crippen LogP contribution in [0.25, 0.3) is 11.2 Å². The van der Waals surface area contributed by atoms with Crippen LogP contribution in [0.15, 0.2) is 12.7 Å². The average Bonchev–Trinajstić information content (AvgIpc) is 2.99. The number of nitrogens with two attached hydrogens (primary N) is 1. The van der Waals surface area contributed by atoms with Crippen molar-refractivity contribution in [3.05, 3.63) is 12.7 Å². The van der Waals surface area contributed by atoms with Crippen molar-refractivity contribution in [3.63, 3.8) is 0 Å². The van der Waals surface area contributed by atoms with Gasteiger partial charge in [-0.05, 0) is 6.92 Å². The monoisotopic (exact) mass is 360 g/mol. The van der Waals surface area contributed by atoms with Crippen molar-refractivity contribution in [1.82, 2.24) is 19.5 Å². The van der Waals surface area contributed by atoms with Crippen LogP contribution in [0.1, 0.15) is 13.2 Å². The Morgan fingerprint density at radius 1 is 1.50 bits per heavy atom. The SMILES string of the molecule is C[C@]1(O)C(n2cnc3c(NP(N)(=O)O)ncnc32)O[C@H](CO)[C@H]1O.